The number of nitrogens with zero attached hydrogens (tertiary/aromatic N) is 3. The first-order valence-electron chi connectivity index (χ1n) is 8.30. The minimum Gasteiger partial charge on any atom is -0.381 e. The first-order chi connectivity index (χ1) is 11.6. The third kappa shape index (κ3) is 3.94. The molecule has 0 bridgehead atoms. The maximum atomic E-state index is 12.4. The van der Waals surface area contributed by atoms with E-state index in [-0.39, 0.29) is 11.8 Å². The van der Waals surface area contributed by atoms with Crippen LogP contribution in [0, 0.1) is 5.92 Å². The SMILES string of the molecule is CN(C)c1ccc(Cn2nccc2NC(=O)C2CCOCC2)cc1. The number of nitrogens with one attached hydrogen (secondary N) is 1. The molecule has 6 nitrogen and oxygen atoms in total. The number of benzene rings is 1. The molecule has 3 rings (SSSR count). The summed E-state index contributed by atoms with van der Waals surface area (Å²) in [6.07, 6.45) is 3.28. The zero-order valence-corrected chi connectivity index (χ0v) is 14.2. The Hall–Kier alpha value is -2.34. The molecule has 1 aromatic carbocycles. The van der Waals surface area contributed by atoms with Gasteiger partial charge in [-0.25, -0.2) is 4.68 Å². The Morgan fingerprint density at radius 3 is 2.62 bits per heavy atom. The summed E-state index contributed by atoms with van der Waals surface area (Å²) in [6.45, 7) is 1.95. The van der Waals surface area contributed by atoms with Crippen LogP contribution < -0.4 is 10.2 Å². The summed E-state index contributed by atoms with van der Waals surface area (Å²) in [7, 11) is 4.04. The summed E-state index contributed by atoms with van der Waals surface area (Å²) in [4.78, 5) is 14.4. The standard InChI is InChI=1S/C18H24N4O2/c1-21(2)16-5-3-14(4-6-16)13-22-17(7-10-19-22)20-18(23)15-8-11-24-12-9-15/h3-7,10,15H,8-9,11-13H2,1-2H3,(H,20,23). The van der Waals surface area contributed by atoms with Crippen LogP contribution in [0.2, 0.25) is 0 Å². The van der Waals surface area contributed by atoms with Crippen LogP contribution in [-0.4, -0.2) is 43.0 Å². The highest BCUT2D eigenvalue weighted by molar-refractivity contribution is 5.91. The summed E-state index contributed by atoms with van der Waals surface area (Å²) in [6, 6.07) is 10.2. The van der Waals surface area contributed by atoms with Gasteiger partial charge < -0.3 is 15.0 Å². The van der Waals surface area contributed by atoms with Gasteiger partial charge in [0.25, 0.3) is 0 Å². The summed E-state index contributed by atoms with van der Waals surface area (Å²) in [5.41, 5.74) is 2.30. The number of ether oxygens (including phenoxy) is 1. The van der Waals surface area contributed by atoms with Crippen LogP contribution in [0.4, 0.5) is 11.5 Å². The van der Waals surface area contributed by atoms with Gasteiger partial charge in [-0.15, -0.1) is 0 Å². The first kappa shape index (κ1) is 16.5. The average Bonchev–Trinajstić information content (AvgIpc) is 3.03. The van der Waals surface area contributed by atoms with Gasteiger partial charge in [-0.3, -0.25) is 4.79 Å². The lowest BCUT2D eigenvalue weighted by atomic mass is 9.99. The van der Waals surface area contributed by atoms with Gasteiger partial charge in [0.2, 0.25) is 5.91 Å². The minimum absolute atomic E-state index is 0.0291. The fraction of sp³-hybridized carbons (Fsp3) is 0.444. The van der Waals surface area contributed by atoms with Crippen LogP contribution in [0.3, 0.4) is 0 Å². The molecule has 6 heteroatoms. The molecule has 0 aliphatic carbocycles. The summed E-state index contributed by atoms with van der Waals surface area (Å²) in [5.74, 6) is 0.827. The molecule has 1 aliphatic rings. The van der Waals surface area contributed by atoms with Crippen molar-refractivity contribution in [1.82, 2.24) is 9.78 Å². The normalized spacial score (nSPS) is 15.2. The second-order valence-electron chi connectivity index (χ2n) is 6.31. The number of amides is 1. The van der Waals surface area contributed by atoms with Crippen molar-refractivity contribution in [1.29, 1.82) is 0 Å². The van der Waals surface area contributed by atoms with E-state index in [4.69, 9.17) is 4.74 Å². The van der Waals surface area contributed by atoms with Crippen LogP contribution >= 0.6 is 0 Å². The highest BCUT2D eigenvalue weighted by Gasteiger charge is 2.22. The third-order valence-corrected chi connectivity index (χ3v) is 4.34. The van der Waals surface area contributed by atoms with Gasteiger partial charge in [0.05, 0.1) is 12.7 Å². The Bertz CT molecular complexity index is 673. The number of rotatable bonds is 5. The predicted octanol–water partition coefficient (Wildman–Crippen LogP) is 2.36. The Balaban J connectivity index is 1.65. The van der Waals surface area contributed by atoms with Gasteiger partial charge >= 0.3 is 0 Å². The Morgan fingerprint density at radius 1 is 1.25 bits per heavy atom. The van der Waals surface area contributed by atoms with Crippen molar-refractivity contribution in [2.45, 2.75) is 19.4 Å². The van der Waals surface area contributed by atoms with E-state index in [9.17, 15) is 4.79 Å². The maximum Gasteiger partial charge on any atom is 0.228 e. The number of aromatic nitrogens is 2. The first-order valence-corrected chi connectivity index (χ1v) is 8.30. The number of hydrogen-bond donors (Lipinski definition) is 1. The van der Waals surface area contributed by atoms with Gasteiger partial charge in [-0.1, -0.05) is 12.1 Å². The van der Waals surface area contributed by atoms with Crippen LogP contribution in [0.15, 0.2) is 36.5 Å². The Labute approximate surface area is 142 Å². The lowest BCUT2D eigenvalue weighted by molar-refractivity contribution is -0.122. The van der Waals surface area contributed by atoms with E-state index in [0.29, 0.717) is 19.8 Å². The molecule has 0 spiro atoms. The number of hydrogen-bond acceptors (Lipinski definition) is 4. The van der Waals surface area contributed by atoms with Crippen LogP contribution in [0.25, 0.3) is 0 Å². The van der Waals surface area contributed by atoms with Crippen LogP contribution in [0.5, 0.6) is 0 Å². The molecular weight excluding hydrogens is 304 g/mol. The molecule has 1 aromatic heterocycles. The molecule has 1 saturated heterocycles. The van der Waals surface area contributed by atoms with Gasteiger partial charge in [0.1, 0.15) is 5.82 Å². The second-order valence-corrected chi connectivity index (χ2v) is 6.31. The largest absolute Gasteiger partial charge is 0.381 e. The number of carbonyl (C=O) groups is 1. The molecule has 128 valence electrons. The van der Waals surface area contributed by atoms with Crippen molar-refractivity contribution >= 4 is 17.4 Å². The maximum absolute atomic E-state index is 12.4. The monoisotopic (exact) mass is 328 g/mol. The molecule has 0 saturated carbocycles. The van der Waals surface area contributed by atoms with Gasteiger partial charge in [0.15, 0.2) is 0 Å². The summed E-state index contributed by atoms with van der Waals surface area (Å²) >= 11 is 0. The van der Waals surface area contributed by atoms with E-state index in [1.165, 1.54) is 0 Å². The molecule has 2 heterocycles. The van der Waals surface area contributed by atoms with Crippen molar-refractivity contribution in [3.63, 3.8) is 0 Å². The predicted molar refractivity (Wildman–Crippen MR) is 94.3 cm³/mol. The highest BCUT2D eigenvalue weighted by Crippen LogP contribution is 2.19. The molecule has 1 fully saturated rings. The zero-order chi connectivity index (χ0) is 16.9. The molecule has 1 amide bonds. The molecule has 24 heavy (non-hydrogen) atoms. The molecule has 0 atom stereocenters. The fourth-order valence-corrected chi connectivity index (χ4v) is 2.83. The quantitative estimate of drug-likeness (QED) is 0.915. The molecule has 0 radical (unpaired) electrons. The molecular formula is C18H24N4O2. The summed E-state index contributed by atoms with van der Waals surface area (Å²) in [5, 5.41) is 7.34. The number of carbonyl (C=O) groups excluding carboxylic acids is 1. The van der Waals surface area contributed by atoms with Crippen molar-refractivity contribution < 1.29 is 9.53 Å². The smallest absolute Gasteiger partial charge is 0.228 e. The number of anilines is 2. The fourth-order valence-electron chi connectivity index (χ4n) is 2.83. The molecule has 0 unspecified atom stereocenters. The lowest BCUT2D eigenvalue weighted by Gasteiger charge is -2.21. The van der Waals surface area contributed by atoms with Crippen LogP contribution in [0.1, 0.15) is 18.4 Å². The van der Waals surface area contributed by atoms with E-state index >= 15 is 0 Å². The average molecular weight is 328 g/mol. The lowest BCUT2D eigenvalue weighted by Crippen LogP contribution is -2.29. The van der Waals surface area contributed by atoms with E-state index in [2.05, 4.69) is 39.6 Å². The van der Waals surface area contributed by atoms with E-state index < -0.39 is 0 Å². The van der Waals surface area contributed by atoms with Gasteiger partial charge in [-0.05, 0) is 30.5 Å². The minimum atomic E-state index is 0.0291. The second kappa shape index (κ2) is 7.49. The van der Waals surface area contributed by atoms with Crippen LogP contribution in [-0.2, 0) is 16.1 Å². The third-order valence-electron chi connectivity index (χ3n) is 4.34. The van der Waals surface area contributed by atoms with Crippen molar-refractivity contribution in [2.75, 3.05) is 37.5 Å². The Morgan fingerprint density at radius 2 is 1.96 bits per heavy atom. The molecule has 1 N–H and O–H groups in total. The van der Waals surface area contributed by atoms with E-state index in [0.717, 1.165) is 29.9 Å². The molecule has 2 aromatic rings. The van der Waals surface area contributed by atoms with Crippen molar-refractivity contribution in [3.05, 3.63) is 42.1 Å². The topological polar surface area (TPSA) is 59.4 Å². The Kier molecular flexibility index (Phi) is 5.15. The zero-order valence-electron chi connectivity index (χ0n) is 14.2. The van der Waals surface area contributed by atoms with E-state index in [1.807, 2.05) is 24.8 Å². The van der Waals surface area contributed by atoms with Crippen molar-refractivity contribution in [3.8, 4) is 0 Å². The highest BCUT2D eigenvalue weighted by atomic mass is 16.5. The van der Waals surface area contributed by atoms with Crippen molar-refractivity contribution in [2.24, 2.45) is 5.92 Å². The van der Waals surface area contributed by atoms with Gasteiger partial charge in [0, 0.05) is 45.0 Å². The van der Waals surface area contributed by atoms with Gasteiger partial charge in [-0.2, -0.15) is 5.10 Å². The molecule has 1 aliphatic heterocycles. The summed E-state index contributed by atoms with van der Waals surface area (Å²) < 4.78 is 7.13. The van der Waals surface area contributed by atoms with E-state index in [1.54, 1.807) is 6.20 Å².